The fourth-order valence-electron chi connectivity index (χ4n) is 1.75. The van der Waals surface area contributed by atoms with Crippen molar-refractivity contribution in [3.8, 4) is 0 Å². The molecule has 1 heterocycles. The van der Waals surface area contributed by atoms with Crippen molar-refractivity contribution in [2.24, 2.45) is 0 Å². The Hall–Kier alpha value is -1.32. The maximum atomic E-state index is 5.01. The number of halogens is 1. The number of hydrogen-bond acceptors (Lipinski definition) is 3. The molecule has 0 atom stereocenters. The van der Waals surface area contributed by atoms with Gasteiger partial charge in [0, 0.05) is 19.2 Å². The van der Waals surface area contributed by atoms with E-state index in [4.69, 9.17) is 4.52 Å². The normalized spacial score (nSPS) is 10.2. The highest BCUT2D eigenvalue weighted by molar-refractivity contribution is 5.85. The highest BCUT2D eigenvalue weighted by atomic mass is 35.5. The quantitative estimate of drug-likeness (QED) is 0.923. The summed E-state index contributed by atoms with van der Waals surface area (Å²) in [5, 5.41) is 7.30. The van der Waals surface area contributed by atoms with E-state index in [1.807, 2.05) is 13.0 Å². The molecule has 0 spiro atoms. The standard InChI is InChI=1S/C14H18N2O.ClH/c1-10-4-5-13(6-11(10)2)8-15-9-14-7-12(3)17-16-14;/h4-7,15H,8-9H2,1-3H3;1H. The Morgan fingerprint density at radius 2 is 1.83 bits per heavy atom. The predicted octanol–water partition coefficient (Wildman–Crippen LogP) is 3.31. The van der Waals surface area contributed by atoms with E-state index in [0.717, 1.165) is 24.5 Å². The lowest BCUT2D eigenvalue weighted by molar-refractivity contribution is 0.388. The Bertz CT molecular complexity index is 508. The molecule has 0 amide bonds. The molecule has 1 aromatic heterocycles. The first-order valence-corrected chi connectivity index (χ1v) is 5.84. The molecule has 0 saturated carbocycles. The molecule has 98 valence electrons. The van der Waals surface area contributed by atoms with Crippen LogP contribution in [0, 0.1) is 20.8 Å². The Morgan fingerprint density at radius 1 is 1.06 bits per heavy atom. The van der Waals surface area contributed by atoms with Gasteiger partial charge >= 0.3 is 0 Å². The second-order valence-electron chi connectivity index (χ2n) is 4.45. The molecule has 2 rings (SSSR count). The van der Waals surface area contributed by atoms with E-state index in [0.29, 0.717) is 0 Å². The van der Waals surface area contributed by atoms with Crippen molar-refractivity contribution in [2.75, 3.05) is 0 Å². The number of rotatable bonds is 4. The maximum absolute atomic E-state index is 5.01. The summed E-state index contributed by atoms with van der Waals surface area (Å²) in [7, 11) is 0. The van der Waals surface area contributed by atoms with Crippen molar-refractivity contribution in [1.82, 2.24) is 10.5 Å². The monoisotopic (exact) mass is 266 g/mol. The Morgan fingerprint density at radius 3 is 2.44 bits per heavy atom. The summed E-state index contributed by atoms with van der Waals surface area (Å²) in [5.41, 5.74) is 4.92. The molecule has 3 nitrogen and oxygen atoms in total. The number of nitrogens with zero attached hydrogens (tertiary/aromatic N) is 1. The van der Waals surface area contributed by atoms with Gasteiger partial charge < -0.3 is 9.84 Å². The first-order valence-electron chi connectivity index (χ1n) is 5.84. The summed E-state index contributed by atoms with van der Waals surface area (Å²) in [5.74, 6) is 0.855. The van der Waals surface area contributed by atoms with Crippen molar-refractivity contribution in [1.29, 1.82) is 0 Å². The van der Waals surface area contributed by atoms with Crippen molar-refractivity contribution in [3.05, 3.63) is 52.4 Å². The molecule has 0 fully saturated rings. The molecule has 1 aromatic carbocycles. The van der Waals surface area contributed by atoms with Crippen LogP contribution in [-0.2, 0) is 13.1 Å². The number of nitrogens with one attached hydrogen (secondary N) is 1. The van der Waals surface area contributed by atoms with E-state index in [2.05, 4.69) is 42.5 Å². The van der Waals surface area contributed by atoms with Crippen LogP contribution in [0.2, 0.25) is 0 Å². The van der Waals surface area contributed by atoms with Crippen LogP contribution in [0.3, 0.4) is 0 Å². The molecule has 0 saturated heterocycles. The van der Waals surface area contributed by atoms with E-state index < -0.39 is 0 Å². The molecule has 0 aliphatic rings. The van der Waals surface area contributed by atoms with E-state index in [1.165, 1.54) is 16.7 Å². The Labute approximate surface area is 114 Å². The van der Waals surface area contributed by atoms with Gasteiger partial charge in [-0.25, -0.2) is 0 Å². The zero-order chi connectivity index (χ0) is 12.3. The summed E-state index contributed by atoms with van der Waals surface area (Å²) < 4.78 is 5.01. The van der Waals surface area contributed by atoms with Crippen molar-refractivity contribution in [3.63, 3.8) is 0 Å². The lowest BCUT2D eigenvalue weighted by Crippen LogP contribution is -2.13. The smallest absolute Gasteiger partial charge is 0.133 e. The van der Waals surface area contributed by atoms with Gasteiger partial charge in [-0.2, -0.15) is 0 Å². The first-order chi connectivity index (χ1) is 8.15. The predicted molar refractivity (Wildman–Crippen MR) is 74.9 cm³/mol. The molecule has 4 heteroatoms. The first kappa shape index (κ1) is 14.7. The SMILES string of the molecule is Cc1cc(CNCc2ccc(C)c(C)c2)no1.Cl. The van der Waals surface area contributed by atoms with Gasteiger partial charge in [0.05, 0.1) is 5.69 Å². The topological polar surface area (TPSA) is 38.1 Å². The van der Waals surface area contributed by atoms with Crippen LogP contribution in [-0.4, -0.2) is 5.16 Å². The molecule has 18 heavy (non-hydrogen) atoms. The number of aromatic nitrogens is 1. The van der Waals surface area contributed by atoms with Gasteiger partial charge in [0.15, 0.2) is 0 Å². The largest absolute Gasteiger partial charge is 0.361 e. The molecular formula is C14H19ClN2O. The molecular weight excluding hydrogens is 248 g/mol. The van der Waals surface area contributed by atoms with Gasteiger partial charge in [-0.15, -0.1) is 12.4 Å². The fourth-order valence-corrected chi connectivity index (χ4v) is 1.75. The van der Waals surface area contributed by atoms with Crippen LogP contribution in [0.15, 0.2) is 28.8 Å². The average Bonchev–Trinajstić information content (AvgIpc) is 2.70. The summed E-state index contributed by atoms with van der Waals surface area (Å²) >= 11 is 0. The zero-order valence-electron chi connectivity index (χ0n) is 11.0. The van der Waals surface area contributed by atoms with Gasteiger partial charge in [-0.3, -0.25) is 0 Å². The summed E-state index contributed by atoms with van der Waals surface area (Å²) in [4.78, 5) is 0. The molecule has 0 radical (unpaired) electrons. The fraction of sp³-hybridized carbons (Fsp3) is 0.357. The lowest BCUT2D eigenvalue weighted by atomic mass is 10.1. The minimum Gasteiger partial charge on any atom is -0.361 e. The second-order valence-corrected chi connectivity index (χ2v) is 4.45. The Kier molecular flexibility index (Phi) is 5.38. The van der Waals surface area contributed by atoms with Crippen molar-refractivity contribution < 1.29 is 4.52 Å². The number of benzene rings is 1. The number of aryl methyl sites for hydroxylation is 3. The average molecular weight is 267 g/mol. The third-order valence-electron chi connectivity index (χ3n) is 2.88. The van der Waals surface area contributed by atoms with Crippen LogP contribution in [0.1, 0.15) is 28.1 Å². The third-order valence-corrected chi connectivity index (χ3v) is 2.88. The van der Waals surface area contributed by atoms with Gasteiger partial charge in [0.2, 0.25) is 0 Å². The lowest BCUT2D eigenvalue weighted by Gasteiger charge is -2.05. The van der Waals surface area contributed by atoms with Crippen LogP contribution in [0.5, 0.6) is 0 Å². The summed E-state index contributed by atoms with van der Waals surface area (Å²) in [6, 6.07) is 8.49. The molecule has 0 aliphatic carbocycles. The highest BCUT2D eigenvalue weighted by Gasteiger charge is 2.00. The van der Waals surface area contributed by atoms with Gasteiger partial charge in [0.25, 0.3) is 0 Å². The third kappa shape index (κ3) is 3.86. The van der Waals surface area contributed by atoms with Gasteiger partial charge in [-0.1, -0.05) is 23.4 Å². The minimum absolute atomic E-state index is 0. The highest BCUT2D eigenvalue weighted by Crippen LogP contribution is 2.09. The van der Waals surface area contributed by atoms with Crippen LogP contribution in [0.25, 0.3) is 0 Å². The van der Waals surface area contributed by atoms with E-state index in [9.17, 15) is 0 Å². The van der Waals surface area contributed by atoms with Gasteiger partial charge in [0.1, 0.15) is 5.76 Å². The molecule has 0 aliphatic heterocycles. The zero-order valence-corrected chi connectivity index (χ0v) is 11.8. The summed E-state index contributed by atoms with van der Waals surface area (Å²) in [6.45, 7) is 7.77. The second kappa shape index (κ2) is 6.57. The number of hydrogen-bond donors (Lipinski definition) is 1. The van der Waals surface area contributed by atoms with E-state index in [1.54, 1.807) is 0 Å². The van der Waals surface area contributed by atoms with Gasteiger partial charge in [-0.05, 0) is 37.5 Å². The van der Waals surface area contributed by atoms with Crippen molar-refractivity contribution >= 4 is 12.4 Å². The molecule has 0 bridgehead atoms. The molecule has 1 N–H and O–H groups in total. The summed E-state index contributed by atoms with van der Waals surface area (Å²) in [6.07, 6.45) is 0. The van der Waals surface area contributed by atoms with E-state index >= 15 is 0 Å². The van der Waals surface area contributed by atoms with E-state index in [-0.39, 0.29) is 12.4 Å². The van der Waals surface area contributed by atoms with Crippen LogP contribution < -0.4 is 5.32 Å². The minimum atomic E-state index is 0. The van der Waals surface area contributed by atoms with Crippen molar-refractivity contribution in [2.45, 2.75) is 33.9 Å². The molecule has 2 aromatic rings. The Balaban J connectivity index is 0.00000162. The van der Waals surface area contributed by atoms with Crippen LogP contribution >= 0.6 is 12.4 Å². The van der Waals surface area contributed by atoms with Crippen LogP contribution in [0.4, 0.5) is 0 Å². The maximum Gasteiger partial charge on any atom is 0.133 e. The molecule has 0 unspecified atom stereocenters.